The molecule has 2 unspecified atom stereocenters. The van der Waals surface area contributed by atoms with Crippen molar-refractivity contribution in [1.82, 2.24) is 5.32 Å². The molecule has 2 atom stereocenters. The number of ether oxygens (including phenoxy) is 1. The highest BCUT2D eigenvalue weighted by Gasteiger charge is 2.20. The summed E-state index contributed by atoms with van der Waals surface area (Å²) in [4.78, 5) is 0. The van der Waals surface area contributed by atoms with Crippen LogP contribution in [-0.2, 0) is 6.54 Å². The molecule has 1 aromatic carbocycles. The van der Waals surface area contributed by atoms with Crippen molar-refractivity contribution in [2.24, 2.45) is 11.8 Å². The molecule has 0 aromatic heterocycles. The van der Waals surface area contributed by atoms with Gasteiger partial charge in [-0.2, -0.15) is 0 Å². The Bertz CT molecular complexity index is 450. The summed E-state index contributed by atoms with van der Waals surface area (Å²) in [5, 5.41) is 3.60. The van der Waals surface area contributed by atoms with Crippen LogP contribution in [0, 0.1) is 11.8 Å². The minimum atomic E-state index is 0.688. The van der Waals surface area contributed by atoms with Gasteiger partial charge in [-0.15, -0.1) is 0 Å². The second-order valence-electron chi connectivity index (χ2n) is 5.72. The van der Waals surface area contributed by atoms with Crippen LogP contribution in [0.3, 0.4) is 0 Å². The fourth-order valence-corrected chi connectivity index (χ4v) is 4.40. The predicted octanol–water partition coefficient (Wildman–Crippen LogP) is 5.14. The number of halogens is 2. The molecular formula is C16H23Br2NO. The van der Waals surface area contributed by atoms with Gasteiger partial charge in [0.15, 0.2) is 0 Å². The first-order valence-corrected chi connectivity index (χ1v) is 9.00. The molecular weight excluding hydrogens is 382 g/mol. The molecule has 2 nitrogen and oxygen atoms in total. The average Bonchev–Trinajstić information content (AvgIpc) is 2.79. The Morgan fingerprint density at radius 3 is 2.75 bits per heavy atom. The highest BCUT2D eigenvalue weighted by Crippen LogP contribution is 2.33. The minimum Gasteiger partial charge on any atom is -0.492 e. The summed E-state index contributed by atoms with van der Waals surface area (Å²) in [6.07, 6.45) is 4.13. The van der Waals surface area contributed by atoms with Crippen molar-refractivity contribution < 1.29 is 4.74 Å². The van der Waals surface area contributed by atoms with Crippen molar-refractivity contribution >= 4 is 31.9 Å². The number of rotatable bonds is 6. The van der Waals surface area contributed by atoms with E-state index in [9.17, 15) is 0 Å². The molecule has 1 aliphatic carbocycles. The van der Waals surface area contributed by atoms with Crippen molar-refractivity contribution in [2.75, 3.05) is 13.2 Å². The molecule has 20 heavy (non-hydrogen) atoms. The highest BCUT2D eigenvalue weighted by molar-refractivity contribution is 9.11. The molecule has 1 N–H and O–H groups in total. The van der Waals surface area contributed by atoms with E-state index < -0.39 is 0 Å². The van der Waals surface area contributed by atoms with E-state index in [2.05, 4.69) is 50.2 Å². The van der Waals surface area contributed by atoms with E-state index in [-0.39, 0.29) is 0 Å². The van der Waals surface area contributed by atoms with Crippen LogP contribution in [0.2, 0.25) is 0 Å². The SMILES string of the molecule is CCOc1c(Br)cc(Br)cc1CNCC1CCC(C)C1. The summed E-state index contributed by atoms with van der Waals surface area (Å²) in [6.45, 7) is 7.04. The van der Waals surface area contributed by atoms with E-state index in [1.807, 2.05) is 13.0 Å². The molecule has 0 radical (unpaired) electrons. The molecule has 2 rings (SSSR count). The zero-order valence-corrected chi connectivity index (χ0v) is 15.4. The summed E-state index contributed by atoms with van der Waals surface area (Å²) < 4.78 is 7.85. The van der Waals surface area contributed by atoms with Gasteiger partial charge in [-0.05, 0) is 66.2 Å². The molecule has 0 saturated heterocycles. The van der Waals surface area contributed by atoms with Crippen molar-refractivity contribution in [3.05, 3.63) is 26.6 Å². The molecule has 4 heteroatoms. The van der Waals surface area contributed by atoms with Crippen LogP contribution in [0.25, 0.3) is 0 Å². The lowest BCUT2D eigenvalue weighted by Crippen LogP contribution is -2.21. The molecule has 0 amide bonds. The first-order chi connectivity index (χ1) is 9.60. The summed E-state index contributed by atoms with van der Waals surface area (Å²) >= 11 is 7.13. The van der Waals surface area contributed by atoms with Gasteiger partial charge in [0, 0.05) is 16.6 Å². The topological polar surface area (TPSA) is 21.3 Å². The number of benzene rings is 1. The zero-order valence-electron chi connectivity index (χ0n) is 12.2. The zero-order chi connectivity index (χ0) is 14.5. The molecule has 0 bridgehead atoms. The van der Waals surface area contributed by atoms with Gasteiger partial charge < -0.3 is 10.1 Å². The molecule has 1 saturated carbocycles. The first-order valence-electron chi connectivity index (χ1n) is 7.41. The van der Waals surface area contributed by atoms with Crippen LogP contribution in [-0.4, -0.2) is 13.2 Å². The van der Waals surface area contributed by atoms with Gasteiger partial charge in [0.1, 0.15) is 5.75 Å². The van der Waals surface area contributed by atoms with E-state index in [4.69, 9.17) is 4.74 Å². The summed E-state index contributed by atoms with van der Waals surface area (Å²) in [6, 6.07) is 4.17. The van der Waals surface area contributed by atoms with Crippen LogP contribution >= 0.6 is 31.9 Å². The van der Waals surface area contributed by atoms with Gasteiger partial charge in [0.25, 0.3) is 0 Å². The Morgan fingerprint density at radius 2 is 2.10 bits per heavy atom. The van der Waals surface area contributed by atoms with Gasteiger partial charge >= 0.3 is 0 Å². The van der Waals surface area contributed by atoms with Crippen molar-refractivity contribution in [1.29, 1.82) is 0 Å². The Kier molecular flexibility index (Phi) is 6.37. The van der Waals surface area contributed by atoms with Crippen LogP contribution in [0.4, 0.5) is 0 Å². The third-order valence-corrected chi connectivity index (χ3v) is 4.97. The molecule has 1 aliphatic rings. The molecule has 112 valence electrons. The normalized spacial score (nSPS) is 22.2. The van der Waals surface area contributed by atoms with Crippen LogP contribution in [0.15, 0.2) is 21.1 Å². The van der Waals surface area contributed by atoms with E-state index in [0.717, 1.165) is 39.6 Å². The van der Waals surface area contributed by atoms with Crippen LogP contribution in [0.5, 0.6) is 5.75 Å². The smallest absolute Gasteiger partial charge is 0.138 e. The number of hydrogen-bond acceptors (Lipinski definition) is 2. The van der Waals surface area contributed by atoms with Gasteiger partial charge in [-0.1, -0.05) is 29.3 Å². The lowest BCUT2D eigenvalue weighted by Gasteiger charge is -2.15. The summed E-state index contributed by atoms with van der Waals surface area (Å²) in [7, 11) is 0. The van der Waals surface area contributed by atoms with E-state index in [1.54, 1.807) is 0 Å². The van der Waals surface area contributed by atoms with Gasteiger partial charge in [-0.3, -0.25) is 0 Å². The molecule has 0 heterocycles. The van der Waals surface area contributed by atoms with Gasteiger partial charge in [-0.25, -0.2) is 0 Å². The Labute approximate surface area is 138 Å². The maximum absolute atomic E-state index is 5.75. The second-order valence-corrected chi connectivity index (χ2v) is 7.49. The predicted molar refractivity (Wildman–Crippen MR) is 91.2 cm³/mol. The van der Waals surface area contributed by atoms with Crippen molar-refractivity contribution in [2.45, 2.75) is 39.7 Å². The quantitative estimate of drug-likeness (QED) is 0.708. The molecule has 0 spiro atoms. The van der Waals surface area contributed by atoms with Crippen LogP contribution in [0.1, 0.15) is 38.7 Å². The molecule has 1 aromatic rings. The van der Waals surface area contributed by atoms with Crippen molar-refractivity contribution in [3.63, 3.8) is 0 Å². The Balaban J connectivity index is 1.94. The third kappa shape index (κ3) is 4.47. The monoisotopic (exact) mass is 403 g/mol. The highest BCUT2D eigenvalue weighted by atomic mass is 79.9. The van der Waals surface area contributed by atoms with E-state index in [0.29, 0.717) is 6.61 Å². The average molecular weight is 405 g/mol. The fourth-order valence-electron chi connectivity index (χ4n) is 2.97. The van der Waals surface area contributed by atoms with Crippen molar-refractivity contribution in [3.8, 4) is 5.75 Å². The van der Waals surface area contributed by atoms with Crippen LogP contribution < -0.4 is 10.1 Å². The Morgan fingerprint density at radius 1 is 1.30 bits per heavy atom. The van der Waals surface area contributed by atoms with Gasteiger partial charge in [0.2, 0.25) is 0 Å². The maximum Gasteiger partial charge on any atom is 0.138 e. The molecule has 1 fully saturated rings. The first kappa shape index (κ1) is 16.3. The fraction of sp³-hybridized carbons (Fsp3) is 0.625. The lowest BCUT2D eigenvalue weighted by molar-refractivity contribution is 0.332. The molecule has 0 aliphatic heterocycles. The standard InChI is InChI=1S/C16H23Br2NO/c1-3-20-16-13(7-14(17)8-15(16)18)10-19-9-12-5-4-11(2)6-12/h7-8,11-12,19H,3-6,9-10H2,1-2H3. The summed E-state index contributed by atoms with van der Waals surface area (Å²) in [5.41, 5.74) is 1.21. The largest absolute Gasteiger partial charge is 0.492 e. The number of nitrogens with one attached hydrogen (secondary N) is 1. The Hall–Kier alpha value is -0.0600. The second kappa shape index (κ2) is 7.81. The van der Waals surface area contributed by atoms with E-state index >= 15 is 0 Å². The number of hydrogen-bond donors (Lipinski definition) is 1. The van der Waals surface area contributed by atoms with E-state index in [1.165, 1.54) is 24.8 Å². The minimum absolute atomic E-state index is 0.688. The van der Waals surface area contributed by atoms with Gasteiger partial charge in [0.05, 0.1) is 11.1 Å². The third-order valence-electron chi connectivity index (χ3n) is 3.93. The maximum atomic E-state index is 5.75. The lowest BCUT2D eigenvalue weighted by atomic mass is 10.1. The summed E-state index contributed by atoms with van der Waals surface area (Å²) in [5.74, 6) is 2.71.